The average molecular weight is 380 g/mol. The highest BCUT2D eigenvalue weighted by Crippen LogP contribution is 2.18. The van der Waals surface area contributed by atoms with Crippen molar-refractivity contribution in [2.24, 2.45) is 0 Å². The van der Waals surface area contributed by atoms with Crippen molar-refractivity contribution >= 4 is 17.4 Å². The van der Waals surface area contributed by atoms with Crippen LogP contribution in [-0.4, -0.2) is 49.3 Å². The van der Waals surface area contributed by atoms with Crippen LogP contribution in [0.2, 0.25) is 0 Å². The number of carbonyl (C=O) groups is 2. The number of nitrogens with zero attached hydrogens (tertiary/aromatic N) is 2. The van der Waals surface area contributed by atoms with E-state index in [1.165, 1.54) is 5.56 Å². The molecule has 5 heteroatoms. The summed E-state index contributed by atoms with van der Waals surface area (Å²) in [5, 5.41) is 3.10. The van der Waals surface area contributed by atoms with Gasteiger partial charge in [-0.25, -0.2) is 0 Å². The molecule has 0 bridgehead atoms. The lowest BCUT2D eigenvalue weighted by Gasteiger charge is -2.36. The smallest absolute Gasteiger partial charge is 0.234 e. The van der Waals surface area contributed by atoms with Gasteiger partial charge in [-0.3, -0.25) is 14.5 Å². The number of anilines is 1. The lowest BCUT2D eigenvalue weighted by atomic mass is 10.1. The Morgan fingerprint density at radius 2 is 1.57 bits per heavy atom. The first kappa shape index (κ1) is 20.1. The number of carbonyl (C=O) groups excluding carboxylic acids is 2. The molecule has 3 rings (SSSR count). The van der Waals surface area contributed by atoms with Gasteiger partial charge in [-0.15, -0.1) is 0 Å². The number of hydrogen-bond donors (Lipinski definition) is 1. The van der Waals surface area contributed by atoms with E-state index in [2.05, 4.69) is 46.3 Å². The summed E-state index contributed by atoms with van der Waals surface area (Å²) in [5.41, 5.74) is 4.21. The molecule has 1 aliphatic rings. The highest BCUT2D eigenvalue weighted by Gasteiger charge is 2.20. The maximum Gasteiger partial charge on any atom is 0.234 e. The third-order valence-corrected chi connectivity index (χ3v) is 5.33. The quantitative estimate of drug-likeness (QED) is 0.783. The number of hydrogen-bond acceptors (Lipinski definition) is 4. The molecule has 5 nitrogen and oxygen atoms in total. The molecule has 0 spiro atoms. The number of piperazine rings is 1. The van der Waals surface area contributed by atoms with Crippen LogP contribution in [-0.2, 0) is 4.79 Å². The van der Waals surface area contributed by atoms with Gasteiger partial charge in [-0.05, 0) is 50.6 Å². The van der Waals surface area contributed by atoms with E-state index in [-0.39, 0.29) is 17.7 Å². The molecular formula is C23H29N3O2. The van der Waals surface area contributed by atoms with Crippen molar-refractivity contribution in [3.63, 3.8) is 0 Å². The minimum absolute atomic E-state index is 0.00850. The molecule has 0 aromatic heterocycles. The summed E-state index contributed by atoms with van der Waals surface area (Å²) in [4.78, 5) is 28.3. The van der Waals surface area contributed by atoms with Crippen LogP contribution in [0.3, 0.4) is 0 Å². The van der Waals surface area contributed by atoms with Crippen molar-refractivity contribution < 1.29 is 9.59 Å². The van der Waals surface area contributed by atoms with Gasteiger partial charge in [0.2, 0.25) is 5.91 Å². The molecule has 28 heavy (non-hydrogen) atoms. The number of aryl methyl sites for hydroxylation is 1. The zero-order valence-electron chi connectivity index (χ0n) is 16.9. The molecule has 1 heterocycles. The monoisotopic (exact) mass is 379 g/mol. The normalized spacial score (nSPS) is 15.9. The van der Waals surface area contributed by atoms with Crippen LogP contribution in [0.5, 0.6) is 0 Å². The predicted molar refractivity (Wildman–Crippen MR) is 113 cm³/mol. The molecule has 0 unspecified atom stereocenters. The summed E-state index contributed by atoms with van der Waals surface area (Å²) >= 11 is 0. The van der Waals surface area contributed by atoms with Crippen LogP contribution in [0.15, 0.2) is 48.5 Å². The second kappa shape index (κ2) is 9.02. The first-order chi connectivity index (χ1) is 13.4. The van der Waals surface area contributed by atoms with E-state index >= 15 is 0 Å². The number of ketones is 1. The fraction of sp³-hybridized carbons (Fsp3) is 0.391. The summed E-state index contributed by atoms with van der Waals surface area (Å²) in [6.07, 6.45) is 0. The zero-order chi connectivity index (χ0) is 20.1. The second-order valence-electron chi connectivity index (χ2n) is 7.57. The molecule has 1 saturated heterocycles. The molecule has 2 aromatic rings. The maximum atomic E-state index is 12.4. The summed E-state index contributed by atoms with van der Waals surface area (Å²) in [5.74, 6) is 0.148. The molecule has 148 valence electrons. The van der Waals surface area contributed by atoms with E-state index in [0.29, 0.717) is 6.54 Å². The maximum absolute atomic E-state index is 12.4. The predicted octanol–water partition coefficient (Wildman–Crippen LogP) is 3.20. The molecule has 1 N–H and O–H groups in total. The minimum Gasteiger partial charge on any atom is -0.369 e. The van der Waals surface area contributed by atoms with Crippen molar-refractivity contribution in [1.29, 1.82) is 0 Å². The molecule has 1 amide bonds. The summed E-state index contributed by atoms with van der Waals surface area (Å²) in [7, 11) is 0. The van der Waals surface area contributed by atoms with Gasteiger partial charge in [0, 0.05) is 37.4 Å². The molecule has 2 aromatic carbocycles. The number of amides is 1. The van der Waals surface area contributed by atoms with Crippen LogP contribution in [0.25, 0.3) is 0 Å². The first-order valence-corrected chi connectivity index (χ1v) is 9.86. The number of Topliss-reactive ketones (excluding diaryl/α,β-unsaturated/α-hetero) is 1. The Kier molecular flexibility index (Phi) is 6.47. The largest absolute Gasteiger partial charge is 0.369 e. The van der Waals surface area contributed by atoms with Crippen molar-refractivity contribution in [1.82, 2.24) is 10.2 Å². The molecule has 1 atom stereocenters. The molecular weight excluding hydrogens is 350 g/mol. The second-order valence-corrected chi connectivity index (χ2v) is 7.57. The van der Waals surface area contributed by atoms with Crippen LogP contribution >= 0.6 is 0 Å². The Balaban J connectivity index is 1.46. The van der Waals surface area contributed by atoms with E-state index in [1.54, 1.807) is 6.92 Å². The fourth-order valence-corrected chi connectivity index (χ4v) is 3.50. The number of rotatable bonds is 6. The van der Waals surface area contributed by atoms with Gasteiger partial charge in [0.15, 0.2) is 5.78 Å². The van der Waals surface area contributed by atoms with E-state index in [1.807, 2.05) is 31.2 Å². The highest BCUT2D eigenvalue weighted by molar-refractivity contribution is 5.94. The van der Waals surface area contributed by atoms with Crippen molar-refractivity contribution in [2.75, 3.05) is 37.6 Å². The Morgan fingerprint density at radius 3 is 2.14 bits per heavy atom. The molecule has 0 radical (unpaired) electrons. The lowest BCUT2D eigenvalue weighted by Crippen LogP contribution is -2.49. The van der Waals surface area contributed by atoms with Gasteiger partial charge in [-0.2, -0.15) is 0 Å². The summed E-state index contributed by atoms with van der Waals surface area (Å²) < 4.78 is 0. The van der Waals surface area contributed by atoms with Crippen molar-refractivity contribution in [3.8, 4) is 0 Å². The SMILES string of the molecule is CC(=O)c1ccc(N2CCN(CC(=O)N[C@H](C)c3ccc(C)cc3)CC2)cc1. The van der Waals surface area contributed by atoms with Gasteiger partial charge in [0.05, 0.1) is 12.6 Å². The Labute approximate surface area is 167 Å². The molecule has 1 fully saturated rings. The molecule has 0 aliphatic carbocycles. The lowest BCUT2D eigenvalue weighted by molar-refractivity contribution is -0.123. The van der Waals surface area contributed by atoms with Crippen molar-refractivity contribution in [2.45, 2.75) is 26.8 Å². The van der Waals surface area contributed by atoms with E-state index in [0.717, 1.165) is 43.0 Å². The summed E-state index contributed by atoms with van der Waals surface area (Å²) in [6.45, 7) is 9.53. The Bertz CT molecular complexity index is 807. The van der Waals surface area contributed by atoms with Gasteiger partial charge in [0.25, 0.3) is 0 Å². The topological polar surface area (TPSA) is 52.7 Å². The zero-order valence-corrected chi connectivity index (χ0v) is 16.9. The fourth-order valence-electron chi connectivity index (χ4n) is 3.50. The van der Waals surface area contributed by atoms with Crippen LogP contribution in [0.4, 0.5) is 5.69 Å². The van der Waals surface area contributed by atoms with Crippen LogP contribution < -0.4 is 10.2 Å². The molecule has 1 aliphatic heterocycles. The molecule has 0 saturated carbocycles. The third-order valence-electron chi connectivity index (χ3n) is 5.33. The first-order valence-electron chi connectivity index (χ1n) is 9.86. The van der Waals surface area contributed by atoms with E-state index < -0.39 is 0 Å². The number of benzene rings is 2. The Morgan fingerprint density at radius 1 is 0.964 bits per heavy atom. The van der Waals surface area contributed by atoms with Crippen LogP contribution in [0, 0.1) is 6.92 Å². The van der Waals surface area contributed by atoms with Gasteiger partial charge in [0.1, 0.15) is 0 Å². The third kappa shape index (κ3) is 5.20. The van der Waals surface area contributed by atoms with Gasteiger partial charge >= 0.3 is 0 Å². The van der Waals surface area contributed by atoms with Gasteiger partial charge < -0.3 is 10.2 Å². The van der Waals surface area contributed by atoms with Gasteiger partial charge in [-0.1, -0.05) is 29.8 Å². The Hall–Kier alpha value is -2.66. The number of nitrogens with one attached hydrogen (secondary N) is 1. The van der Waals surface area contributed by atoms with Crippen molar-refractivity contribution in [3.05, 3.63) is 65.2 Å². The van der Waals surface area contributed by atoms with E-state index in [4.69, 9.17) is 0 Å². The van der Waals surface area contributed by atoms with Crippen LogP contribution in [0.1, 0.15) is 41.4 Å². The van der Waals surface area contributed by atoms with E-state index in [9.17, 15) is 9.59 Å². The standard InChI is InChI=1S/C23H29N3O2/c1-17-4-6-20(7-5-17)18(2)24-23(28)16-25-12-14-26(15-13-25)22-10-8-21(9-11-22)19(3)27/h4-11,18H,12-16H2,1-3H3,(H,24,28)/t18-/m1/s1. The summed E-state index contributed by atoms with van der Waals surface area (Å²) in [6, 6.07) is 16.0. The average Bonchev–Trinajstić information content (AvgIpc) is 2.69. The highest BCUT2D eigenvalue weighted by atomic mass is 16.2. The minimum atomic E-state index is 0.00850.